The molecule has 2 rings (SSSR count). The van der Waals surface area contributed by atoms with Gasteiger partial charge in [-0.3, -0.25) is 4.68 Å². The molecular formula is C11H9BF4N2O2. The number of hydrogen-bond acceptors (Lipinski definition) is 3. The molecule has 1 heterocycles. The second kappa shape index (κ2) is 5.26. The van der Waals surface area contributed by atoms with Gasteiger partial charge in [-0.1, -0.05) is 6.07 Å². The number of halogens is 4. The van der Waals surface area contributed by atoms with Gasteiger partial charge in [0.05, 0.1) is 12.1 Å². The van der Waals surface area contributed by atoms with Gasteiger partial charge < -0.3 is 10.0 Å². The number of alkyl halides is 3. The third-order valence-corrected chi connectivity index (χ3v) is 2.63. The van der Waals surface area contributed by atoms with Crippen LogP contribution in [0.15, 0.2) is 30.6 Å². The summed E-state index contributed by atoms with van der Waals surface area (Å²) < 4.78 is 52.0. The van der Waals surface area contributed by atoms with Gasteiger partial charge >= 0.3 is 13.3 Å². The van der Waals surface area contributed by atoms with Gasteiger partial charge in [-0.2, -0.15) is 18.3 Å². The maximum atomic E-state index is 13.1. The molecule has 9 heteroatoms. The largest absolute Gasteiger partial charge is 0.491 e. The van der Waals surface area contributed by atoms with Crippen LogP contribution in [0.1, 0.15) is 11.1 Å². The minimum absolute atomic E-state index is 0.0456. The summed E-state index contributed by atoms with van der Waals surface area (Å²) in [5.41, 5.74) is -1.03. The molecule has 0 aliphatic heterocycles. The van der Waals surface area contributed by atoms with Crippen molar-refractivity contribution in [3.8, 4) is 0 Å². The zero-order chi connectivity index (χ0) is 14.9. The predicted molar refractivity (Wildman–Crippen MR) is 62.6 cm³/mol. The summed E-state index contributed by atoms with van der Waals surface area (Å²) in [5.74, 6) is -1.34. The Balaban J connectivity index is 2.25. The first-order valence-electron chi connectivity index (χ1n) is 5.51. The summed E-state index contributed by atoms with van der Waals surface area (Å²) in [6.07, 6.45) is -2.31. The number of aromatic nitrogens is 2. The van der Waals surface area contributed by atoms with Crippen molar-refractivity contribution in [1.82, 2.24) is 9.78 Å². The van der Waals surface area contributed by atoms with E-state index in [0.717, 1.165) is 6.07 Å². The zero-order valence-corrected chi connectivity index (χ0v) is 9.97. The van der Waals surface area contributed by atoms with E-state index in [4.69, 9.17) is 10.0 Å². The summed E-state index contributed by atoms with van der Waals surface area (Å²) in [4.78, 5) is 0. The average Bonchev–Trinajstić information content (AvgIpc) is 2.79. The summed E-state index contributed by atoms with van der Waals surface area (Å²) in [6, 6.07) is 2.65. The highest BCUT2D eigenvalue weighted by Gasteiger charge is 2.34. The highest BCUT2D eigenvalue weighted by molar-refractivity contribution is 6.58. The third-order valence-electron chi connectivity index (χ3n) is 2.63. The second-order valence-electron chi connectivity index (χ2n) is 4.16. The minimum Gasteiger partial charge on any atom is -0.423 e. The highest BCUT2D eigenvalue weighted by Crippen LogP contribution is 2.31. The molecule has 2 aromatic rings. The van der Waals surface area contributed by atoms with Gasteiger partial charge in [-0.25, -0.2) is 4.39 Å². The molecule has 0 amide bonds. The van der Waals surface area contributed by atoms with Crippen LogP contribution in [0.3, 0.4) is 0 Å². The molecule has 20 heavy (non-hydrogen) atoms. The van der Waals surface area contributed by atoms with Crippen molar-refractivity contribution in [3.63, 3.8) is 0 Å². The fourth-order valence-electron chi connectivity index (χ4n) is 1.67. The summed E-state index contributed by atoms with van der Waals surface area (Å²) in [5, 5.41) is 21.6. The van der Waals surface area contributed by atoms with E-state index in [1.54, 1.807) is 0 Å². The lowest BCUT2D eigenvalue weighted by Crippen LogP contribution is -2.28. The van der Waals surface area contributed by atoms with Crippen LogP contribution in [0.25, 0.3) is 0 Å². The molecule has 0 aliphatic rings. The van der Waals surface area contributed by atoms with E-state index in [-0.39, 0.29) is 17.6 Å². The van der Waals surface area contributed by atoms with Crippen molar-refractivity contribution in [2.24, 2.45) is 0 Å². The Kier molecular flexibility index (Phi) is 3.82. The summed E-state index contributed by atoms with van der Waals surface area (Å²) in [7, 11) is -1.71. The maximum absolute atomic E-state index is 13.1. The molecule has 0 bridgehead atoms. The molecule has 0 unspecified atom stereocenters. The first-order valence-corrected chi connectivity index (χ1v) is 5.51. The lowest BCUT2D eigenvalue weighted by Gasteiger charge is -2.10. The Morgan fingerprint density at radius 2 is 1.95 bits per heavy atom. The average molecular weight is 288 g/mol. The Labute approximate surface area is 111 Å². The monoisotopic (exact) mass is 288 g/mol. The van der Waals surface area contributed by atoms with Crippen molar-refractivity contribution in [2.45, 2.75) is 12.7 Å². The van der Waals surface area contributed by atoms with Crippen LogP contribution in [-0.4, -0.2) is 26.9 Å². The van der Waals surface area contributed by atoms with Crippen molar-refractivity contribution in [3.05, 3.63) is 47.5 Å². The molecule has 0 saturated heterocycles. The Hall–Kier alpha value is -1.87. The molecule has 106 valence electrons. The number of hydrogen-bond donors (Lipinski definition) is 2. The van der Waals surface area contributed by atoms with E-state index in [9.17, 15) is 17.6 Å². The molecule has 1 aromatic heterocycles. The van der Waals surface area contributed by atoms with Gasteiger partial charge in [0.15, 0.2) is 0 Å². The first-order chi connectivity index (χ1) is 9.27. The van der Waals surface area contributed by atoms with Gasteiger partial charge in [-0.05, 0) is 17.7 Å². The van der Waals surface area contributed by atoms with Gasteiger partial charge in [0.2, 0.25) is 0 Å². The topological polar surface area (TPSA) is 58.3 Å². The SMILES string of the molecule is OB(O)c1cnn(Cc2ccc(F)c(C(F)(F)F)c2)c1. The third kappa shape index (κ3) is 3.17. The quantitative estimate of drug-likeness (QED) is 0.648. The van der Waals surface area contributed by atoms with Crippen LogP contribution < -0.4 is 5.46 Å². The zero-order valence-electron chi connectivity index (χ0n) is 9.97. The minimum atomic E-state index is -4.77. The predicted octanol–water partition coefficient (Wildman–Crippen LogP) is 0.769. The molecule has 0 atom stereocenters. The fourth-order valence-corrected chi connectivity index (χ4v) is 1.67. The number of nitrogens with zero attached hydrogens (tertiary/aromatic N) is 2. The molecule has 0 aliphatic carbocycles. The molecule has 1 aromatic carbocycles. The highest BCUT2D eigenvalue weighted by atomic mass is 19.4. The van der Waals surface area contributed by atoms with E-state index in [1.807, 2.05) is 0 Å². The van der Waals surface area contributed by atoms with E-state index >= 15 is 0 Å². The Morgan fingerprint density at radius 3 is 2.50 bits per heavy atom. The van der Waals surface area contributed by atoms with Crippen LogP contribution in [-0.2, 0) is 12.7 Å². The molecule has 0 saturated carbocycles. The van der Waals surface area contributed by atoms with Crippen LogP contribution in [0.2, 0.25) is 0 Å². The van der Waals surface area contributed by atoms with Crippen molar-refractivity contribution in [2.75, 3.05) is 0 Å². The number of benzene rings is 1. The van der Waals surface area contributed by atoms with Gasteiger partial charge in [-0.15, -0.1) is 0 Å². The van der Waals surface area contributed by atoms with E-state index in [2.05, 4.69) is 5.10 Å². The van der Waals surface area contributed by atoms with Crippen molar-refractivity contribution in [1.29, 1.82) is 0 Å². The molecule has 0 spiro atoms. The maximum Gasteiger partial charge on any atom is 0.491 e. The lowest BCUT2D eigenvalue weighted by molar-refractivity contribution is -0.140. The van der Waals surface area contributed by atoms with Gasteiger partial charge in [0.1, 0.15) is 5.82 Å². The van der Waals surface area contributed by atoms with E-state index in [1.165, 1.54) is 23.1 Å². The summed E-state index contributed by atoms with van der Waals surface area (Å²) >= 11 is 0. The molecule has 4 nitrogen and oxygen atoms in total. The van der Waals surface area contributed by atoms with Crippen molar-refractivity contribution >= 4 is 12.6 Å². The molecule has 2 N–H and O–H groups in total. The van der Waals surface area contributed by atoms with Crippen molar-refractivity contribution < 1.29 is 27.6 Å². The van der Waals surface area contributed by atoms with Crippen LogP contribution in [0.4, 0.5) is 17.6 Å². The van der Waals surface area contributed by atoms with E-state index in [0.29, 0.717) is 6.07 Å². The summed E-state index contributed by atoms with van der Waals surface area (Å²) in [6.45, 7) is -0.0456. The molecule has 0 radical (unpaired) electrons. The molecule has 0 fully saturated rings. The fraction of sp³-hybridized carbons (Fsp3) is 0.182. The Morgan fingerprint density at radius 1 is 1.25 bits per heavy atom. The van der Waals surface area contributed by atoms with Crippen LogP contribution in [0.5, 0.6) is 0 Å². The van der Waals surface area contributed by atoms with Crippen LogP contribution >= 0.6 is 0 Å². The standard InChI is InChI=1S/C11H9BF4N2O2/c13-10-2-1-7(3-9(10)11(14,15)16)5-18-6-8(4-17-18)12(19)20/h1-4,6,19-20H,5H2. The normalized spacial score (nSPS) is 11.7. The Bertz CT molecular complexity index is 613. The second-order valence-corrected chi connectivity index (χ2v) is 4.16. The smallest absolute Gasteiger partial charge is 0.423 e. The van der Waals surface area contributed by atoms with Crippen LogP contribution in [0, 0.1) is 5.82 Å². The number of rotatable bonds is 3. The van der Waals surface area contributed by atoms with E-state index < -0.39 is 24.7 Å². The van der Waals surface area contributed by atoms with Gasteiger partial charge in [0, 0.05) is 17.9 Å². The molecular weight excluding hydrogens is 279 g/mol. The van der Waals surface area contributed by atoms with Gasteiger partial charge in [0.25, 0.3) is 0 Å². The lowest BCUT2D eigenvalue weighted by atomic mass is 9.83. The first kappa shape index (κ1) is 14.5.